The molecule has 1 aromatic carbocycles. The van der Waals surface area contributed by atoms with Gasteiger partial charge in [0.05, 0.1) is 16.8 Å². The van der Waals surface area contributed by atoms with Crippen molar-refractivity contribution < 1.29 is 19.1 Å². The van der Waals surface area contributed by atoms with Crippen LogP contribution in [0.2, 0.25) is 5.02 Å². The molecule has 2 aromatic heterocycles. The number of hydrogen-bond acceptors (Lipinski definition) is 6. The quantitative estimate of drug-likeness (QED) is 0.452. The van der Waals surface area contributed by atoms with Crippen molar-refractivity contribution in [1.82, 2.24) is 19.6 Å². The Morgan fingerprint density at radius 1 is 1.23 bits per heavy atom. The lowest BCUT2D eigenvalue weighted by Gasteiger charge is -2.08. The fourth-order valence-corrected chi connectivity index (χ4v) is 3.29. The molecule has 11 heteroatoms. The number of amides is 1. The van der Waals surface area contributed by atoms with Gasteiger partial charge in [-0.3, -0.25) is 9.48 Å². The Morgan fingerprint density at radius 2 is 2.00 bits per heavy atom. The summed E-state index contributed by atoms with van der Waals surface area (Å²) in [5.74, 6) is -0.607. The third kappa shape index (κ3) is 5.86. The predicted octanol–water partition coefficient (Wildman–Crippen LogP) is 4.37. The van der Waals surface area contributed by atoms with E-state index in [-0.39, 0.29) is 29.9 Å². The summed E-state index contributed by atoms with van der Waals surface area (Å²) >= 11 is 9.47. The van der Waals surface area contributed by atoms with Gasteiger partial charge in [0.1, 0.15) is 5.75 Å². The van der Waals surface area contributed by atoms with Crippen LogP contribution in [0.15, 0.2) is 41.1 Å². The number of nitrogens with zero attached hydrogens (tertiary/aromatic N) is 4. The lowest BCUT2D eigenvalue weighted by molar-refractivity contribution is 0.0371. The Hall–Kier alpha value is -2.85. The minimum Gasteiger partial charge on any atom is -0.470 e. The van der Waals surface area contributed by atoms with E-state index in [1.165, 1.54) is 10.7 Å². The van der Waals surface area contributed by atoms with Gasteiger partial charge in [0.25, 0.3) is 5.91 Å². The predicted molar refractivity (Wildman–Crippen MR) is 118 cm³/mol. The van der Waals surface area contributed by atoms with Gasteiger partial charge in [0, 0.05) is 23.4 Å². The van der Waals surface area contributed by atoms with Crippen molar-refractivity contribution in [3.8, 4) is 5.75 Å². The summed E-state index contributed by atoms with van der Waals surface area (Å²) in [7, 11) is 0. The highest BCUT2D eigenvalue weighted by Crippen LogP contribution is 2.28. The van der Waals surface area contributed by atoms with E-state index >= 15 is 0 Å². The van der Waals surface area contributed by atoms with Gasteiger partial charge >= 0.3 is 5.97 Å². The van der Waals surface area contributed by atoms with E-state index in [0.29, 0.717) is 17.3 Å². The van der Waals surface area contributed by atoms with Crippen molar-refractivity contribution in [2.24, 2.45) is 0 Å². The molecule has 1 amide bonds. The van der Waals surface area contributed by atoms with Gasteiger partial charge in [-0.1, -0.05) is 27.5 Å². The van der Waals surface area contributed by atoms with Crippen LogP contribution in [0.3, 0.4) is 0 Å². The van der Waals surface area contributed by atoms with Gasteiger partial charge < -0.3 is 14.8 Å². The summed E-state index contributed by atoms with van der Waals surface area (Å²) in [6.45, 7) is 5.94. The monoisotopic (exact) mass is 509 g/mol. The maximum atomic E-state index is 12.6. The first-order valence-corrected chi connectivity index (χ1v) is 10.6. The molecule has 1 N–H and O–H groups in total. The molecule has 3 rings (SSSR count). The smallest absolute Gasteiger partial charge is 0.361 e. The molecule has 0 radical (unpaired) electrons. The largest absolute Gasteiger partial charge is 0.470 e. The Bertz CT molecular complexity index is 1100. The van der Waals surface area contributed by atoms with Gasteiger partial charge in [-0.2, -0.15) is 10.2 Å². The number of hydrogen-bond donors (Lipinski definition) is 1. The van der Waals surface area contributed by atoms with E-state index in [2.05, 4.69) is 31.4 Å². The SMILES string of the molecule is CCn1cc(NC(=O)c2ccn(COc3ccc(Br)cc3Cl)n2)c(C(=O)OC(C)C)n1. The average Bonchev–Trinajstić information content (AvgIpc) is 3.34. The maximum Gasteiger partial charge on any atom is 0.361 e. The van der Waals surface area contributed by atoms with E-state index in [9.17, 15) is 9.59 Å². The second-order valence-electron chi connectivity index (χ2n) is 6.74. The van der Waals surface area contributed by atoms with Crippen molar-refractivity contribution in [2.45, 2.75) is 40.2 Å². The second-order valence-corrected chi connectivity index (χ2v) is 8.07. The molecule has 0 bridgehead atoms. The molecule has 0 saturated carbocycles. The molecular weight excluding hydrogens is 490 g/mol. The number of anilines is 1. The van der Waals surface area contributed by atoms with Gasteiger partial charge in [-0.15, -0.1) is 0 Å². The van der Waals surface area contributed by atoms with Crippen LogP contribution in [0.1, 0.15) is 41.7 Å². The summed E-state index contributed by atoms with van der Waals surface area (Å²) < 4.78 is 14.7. The zero-order valence-corrected chi connectivity index (χ0v) is 19.5. The van der Waals surface area contributed by atoms with Crippen LogP contribution < -0.4 is 10.1 Å². The molecule has 0 atom stereocenters. The van der Waals surface area contributed by atoms with Crippen molar-refractivity contribution in [2.75, 3.05) is 5.32 Å². The highest BCUT2D eigenvalue weighted by Gasteiger charge is 2.22. The van der Waals surface area contributed by atoms with Crippen LogP contribution in [0.5, 0.6) is 5.75 Å². The fraction of sp³-hybridized carbons (Fsp3) is 0.300. The number of benzene rings is 1. The van der Waals surface area contributed by atoms with E-state index in [0.717, 1.165) is 4.47 Å². The van der Waals surface area contributed by atoms with Crippen LogP contribution in [-0.4, -0.2) is 37.5 Å². The number of rotatable bonds is 8. The third-order valence-electron chi connectivity index (χ3n) is 3.99. The molecule has 31 heavy (non-hydrogen) atoms. The van der Waals surface area contributed by atoms with E-state index in [4.69, 9.17) is 21.1 Å². The second kappa shape index (κ2) is 9.97. The van der Waals surface area contributed by atoms with Gasteiger partial charge in [-0.25, -0.2) is 9.48 Å². The van der Waals surface area contributed by atoms with Crippen LogP contribution >= 0.6 is 27.5 Å². The molecule has 0 unspecified atom stereocenters. The van der Waals surface area contributed by atoms with Gasteiger partial charge in [0.2, 0.25) is 0 Å². The summed E-state index contributed by atoms with van der Waals surface area (Å²) in [5.41, 5.74) is 0.444. The summed E-state index contributed by atoms with van der Waals surface area (Å²) in [6.07, 6.45) is 2.87. The maximum absolute atomic E-state index is 12.6. The lowest BCUT2D eigenvalue weighted by Crippen LogP contribution is -2.18. The molecule has 9 nitrogen and oxygen atoms in total. The molecule has 164 valence electrons. The zero-order chi connectivity index (χ0) is 22.5. The van der Waals surface area contributed by atoms with Crippen molar-refractivity contribution in [3.63, 3.8) is 0 Å². The van der Waals surface area contributed by atoms with E-state index in [1.807, 2.05) is 13.0 Å². The third-order valence-corrected chi connectivity index (χ3v) is 4.78. The Kier molecular flexibility index (Phi) is 7.34. The highest BCUT2D eigenvalue weighted by molar-refractivity contribution is 9.10. The molecule has 0 fully saturated rings. The molecular formula is C20H21BrClN5O4. The normalized spacial score (nSPS) is 10.9. The van der Waals surface area contributed by atoms with Gasteiger partial charge in [-0.05, 0) is 45.0 Å². The minimum absolute atomic E-state index is 0.0385. The summed E-state index contributed by atoms with van der Waals surface area (Å²) in [5, 5.41) is 11.5. The fourth-order valence-electron chi connectivity index (χ4n) is 2.56. The first-order chi connectivity index (χ1) is 14.8. The summed E-state index contributed by atoms with van der Waals surface area (Å²) in [6, 6.07) is 6.80. The molecule has 0 spiro atoms. The molecule has 2 heterocycles. The van der Waals surface area contributed by atoms with Crippen LogP contribution in [-0.2, 0) is 18.0 Å². The van der Waals surface area contributed by atoms with Crippen LogP contribution in [0.4, 0.5) is 5.69 Å². The molecule has 3 aromatic rings. The Balaban J connectivity index is 1.68. The topological polar surface area (TPSA) is 100 Å². The number of ether oxygens (including phenoxy) is 2. The number of aromatic nitrogens is 4. The van der Waals surface area contributed by atoms with Crippen LogP contribution in [0, 0.1) is 0 Å². The Labute approximate surface area is 192 Å². The summed E-state index contributed by atoms with van der Waals surface area (Å²) in [4.78, 5) is 24.9. The molecule has 0 saturated heterocycles. The first-order valence-electron chi connectivity index (χ1n) is 9.48. The number of carbonyl (C=O) groups excluding carboxylic acids is 2. The van der Waals surface area contributed by atoms with Crippen molar-refractivity contribution in [3.05, 3.63) is 57.5 Å². The highest BCUT2D eigenvalue weighted by atomic mass is 79.9. The number of nitrogens with one attached hydrogen (secondary N) is 1. The lowest BCUT2D eigenvalue weighted by atomic mass is 10.3. The van der Waals surface area contributed by atoms with Gasteiger partial charge in [0.15, 0.2) is 18.1 Å². The number of esters is 1. The number of carbonyl (C=O) groups is 2. The standard InChI is InChI=1S/C20H21BrClN5O4/c1-4-26-10-16(18(25-26)20(29)31-12(2)3)23-19(28)15-7-8-27(24-15)11-30-17-6-5-13(21)9-14(17)22/h5-10,12H,4,11H2,1-3H3,(H,23,28). The molecule has 0 aliphatic heterocycles. The number of halogens is 2. The average molecular weight is 511 g/mol. The van der Waals surface area contributed by atoms with E-state index in [1.54, 1.807) is 43.1 Å². The Morgan fingerprint density at radius 3 is 2.68 bits per heavy atom. The van der Waals surface area contributed by atoms with Crippen LogP contribution in [0.25, 0.3) is 0 Å². The van der Waals surface area contributed by atoms with E-state index < -0.39 is 11.9 Å². The molecule has 0 aliphatic rings. The minimum atomic E-state index is -0.609. The van der Waals surface area contributed by atoms with Crippen molar-refractivity contribution in [1.29, 1.82) is 0 Å². The number of aryl methyl sites for hydroxylation is 1. The van der Waals surface area contributed by atoms with Crippen molar-refractivity contribution >= 4 is 45.1 Å². The zero-order valence-electron chi connectivity index (χ0n) is 17.1. The first kappa shape index (κ1) is 22.8. The molecule has 0 aliphatic carbocycles.